The van der Waals surface area contributed by atoms with Crippen LogP contribution in [0.25, 0.3) is 0 Å². The van der Waals surface area contributed by atoms with E-state index in [0.717, 1.165) is 32.1 Å². The average molecular weight is 247 g/mol. The number of ether oxygens (including phenoxy) is 1. The van der Waals surface area contributed by atoms with Crippen molar-refractivity contribution in [2.24, 2.45) is 4.99 Å². The standard InChI is InChI=1S/C10H15ClN2OS/c1-10(15)6-8(11)12-9(7-10)13-2-4-14-5-3-13/h7,15H,2-6H2,1H3. The topological polar surface area (TPSA) is 24.8 Å². The van der Waals surface area contributed by atoms with E-state index >= 15 is 0 Å². The second-order valence-electron chi connectivity index (χ2n) is 4.12. The van der Waals surface area contributed by atoms with Crippen LogP contribution in [0.3, 0.4) is 0 Å². The van der Waals surface area contributed by atoms with Crippen molar-refractivity contribution in [3.05, 3.63) is 11.9 Å². The Kier molecular flexibility index (Phi) is 3.28. The molecular weight excluding hydrogens is 232 g/mol. The molecule has 0 aromatic rings. The summed E-state index contributed by atoms with van der Waals surface area (Å²) in [6, 6.07) is 0. The lowest BCUT2D eigenvalue weighted by Gasteiger charge is -2.33. The molecule has 0 radical (unpaired) electrons. The first kappa shape index (κ1) is 11.3. The molecule has 2 rings (SSSR count). The van der Waals surface area contributed by atoms with Crippen LogP contribution < -0.4 is 0 Å². The lowest BCUT2D eigenvalue weighted by atomic mass is 10.1. The van der Waals surface area contributed by atoms with Crippen LogP contribution in [0.1, 0.15) is 13.3 Å². The number of halogens is 1. The Hall–Kier alpha value is -0.190. The van der Waals surface area contributed by atoms with Gasteiger partial charge >= 0.3 is 0 Å². The van der Waals surface area contributed by atoms with Gasteiger partial charge < -0.3 is 9.64 Å². The number of thiol groups is 1. The van der Waals surface area contributed by atoms with E-state index in [1.54, 1.807) is 0 Å². The molecule has 0 spiro atoms. The van der Waals surface area contributed by atoms with E-state index in [-0.39, 0.29) is 4.75 Å². The molecule has 2 aliphatic rings. The summed E-state index contributed by atoms with van der Waals surface area (Å²) in [5, 5.41) is 0.636. The molecular formula is C10H15ClN2OS. The molecule has 0 amide bonds. The molecule has 3 nitrogen and oxygen atoms in total. The maximum Gasteiger partial charge on any atom is 0.127 e. The predicted molar refractivity (Wildman–Crippen MR) is 65.8 cm³/mol. The molecule has 1 fully saturated rings. The first-order valence-electron chi connectivity index (χ1n) is 5.08. The summed E-state index contributed by atoms with van der Waals surface area (Å²) in [4.78, 5) is 6.56. The SMILES string of the molecule is CC1(S)C=C(N2CCOCC2)N=C(Cl)C1. The number of morpholine rings is 1. The minimum Gasteiger partial charge on any atom is -0.378 e. The van der Waals surface area contributed by atoms with Gasteiger partial charge in [-0.3, -0.25) is 0 Å². The Morgan fingerprint density at radius 3 is 2.80 bits per heavy atom. The smallest absolute Gasteiger partial charge is 0.127 e. The van der Waals surface area contributed by atoms with E-state index in [1.807, 2.05) is 6.92 Å². The highest BCUT2D eigenvalue weighted by Crippen LogP contribution is 2.30. The largest absolute Gasteiger partial charge is 0.378 e. The molecule has 2 heterocycles. The Morgan fingerprint density at radius 1 is 1.53 bits per heavy atom. The molecule has 0 bridgehead atoms. The van der Waals surface area contributed by atoms with Crippen molar-refractivity contribution in [3.63, 3.8) is 0 Å². The summed E-state index contributed by atoms with van der Waals surface area (Å²) in [7, 11) is 0. The fourth-order valence-corrected chi connectivity index (χ4v) is 2.50. The Balaban J connectivity index is 2.16. The van der Waals surface area contributed by atoms with E-state index in [4.69, 9.17) is 16.3 Å². The van der Waals surface area contributed by atoms with Crippen LogP contribution in [-0.2, 0) is 4.74 Å². The molecule has 0 aliphatic carbocycles. The molecule has 15 heavy (non-hydrogen) atoms. The molecule has 0 aromatic heterocycles. The fourth-order valence-electron chi connectivity index (χ4n) is 1.78. The minimum atomic E-state index is -0.188. The molecule has 0 N–H and O–H groups in total. The van der Waals surface area contributed by atoms with Gasteiger partial charge in [-0.15, -0.1) is 0 Å². The summed E-state index contributed by atoms with van der Waals surface area (Å²) in [6.07, 6.45) is 2.78. The zero-order chi connectivity index (χ0) is 10.9. The quantitative estimate of drug-likeness (QED) is 0.715. The van der Waals surface area contributed by atoms with Crippen molar-refractivity contribution in [1.29, 1.82) is 0 Å². The second-order valence-corrected chi connectivity index (χ2v) is 5.58. The summed E-state index contributed by atoms with van der Waals surface area (Å²) in [5.74, 6) is 0.937. The van der Waals surface area contributed by atoms with Crippen LogP contribution in [0.15, 0.2) is 16.9 Å². The van der Waals surface area contributed by atoms with Gasteiger partial charge in [0.2, 0.25) is 0 Å². The molecule has 2 aliphatic heterocycles. The van der Waals surface area contributed by atoms with E-state index in [1.165, 1.54) is 0 Å². The third-order valence-corrected chi connectivity index (χ3v) is 3.02. The van der Waals surface area contributed by atoms with Gasteiger partial charge in [0.05, 0.1) is 13.2 Å². The third kappa shape index (κ3) is 2.89. The summed E-state index contributed by atoms with van der Waals surface area (Å²) in [6.45, 7) is 5.32. The maximum absolute atomic E-state index is 6.02. The molecule has 1 atom stereocenters. The van der Waals surface area contributed by atoms with E-state index < -0.39 is 0 Å². The highest BCUT2D eigenvalue weighted by molar-refractivity contribution is 7.82. The Labute approximate surface area is 101 Å². The zero-order valence-electron chi connectivity index (χ0n) is 8.74. The first-order chi connectivity index (χ1) is 7.07. The van der Waals surface area contributed by atoms with Gasteiger partial charge in [0.25, 0.3) is 0 Å². The molecule has 1 unspecified atom stereocenters. The van der Waals surface area contributed by atoms with E-state index in [9.17, 15) is 0 Å². The molecule has 5 heteroatoms. The van der Waals surface area contributed by atoms with Crippen LogP contribution in [0.2, 0.25) is 0 Å². The number of rotatable bonds is 1. The van der Waals surface area contributed by atoms with Gasteiger partial charge in [0, 0.05) is 24.3 Å². The van der Waals surface area contributed by atoms with Gasteiger partial charge in [0.1, 0.15) is 11.0 Å². The minimum absolute atomic E-state index is 0.188. The number of hydrogen-bond acceptors (Lipinski definition) is 4. The van der Waals surface area contributed by atoms with E-state index in [0.29, 0.717) is 11.6 Å². The van der Waals surface area contributed by atoms with Crippen molar-refractivity contribution >= 4 is 29.4 Å². The highest BCUT2D eigenvalue weighted by atomic mass is 35.5. The maximum atomic E-state index is 6.02. The van der Waals surface area contributed by atoms with Crippen LogP contribution >= 0.6 is 24.2 Å². The summed E-state index contributed by atoms with van der Waals surface area (Å²) >= 11 is 10.6. The number of nitrogens with zero attached hydrogens (tertiary/aromatic N) is 2. The lowest BCUT2D eigenvalue weighted by molar-refractivity contribution is 0.0528. The fraction of sp³-hybridized carbons (Fsp3) is 0.700. The summed E-state index contributed by atoms with van der Waals surface area (Å²) in [5.41, 5.74) is 0. The lowest BCUT2D eigenvalue weighted by Crippen LogP contribution is -2.37. The molecule has 0 aromatic carbocycles. The van der Waals surface area contributed by atoms with Gasteiger partial charge in [-0.05, 0) is 13.0 Å². The monoisotopic (exact) mass is 246 g/mol. The second kappa shape index (κ2) is 4.36. The van der Waals surface area contributed by atoms with Gasteiger partial charge in [0.15, 0.2) is 0 Å². The molecule has 1 saturated heterocycles. The Bertz CT molecular complexity index is 309. The van der Waals surface area contributed by atoms with Crippen molar-refractivity contribution in [2.45, 2.75) is 18.1 Å². The van der Waals surface area contributed by atoms with Crippen LogP contribution in [-0.4, -0.2) is 41.1 Å². The number of hydrogen-bond donors (Lipinski definition) is 1. The molecule has 84 valence electrons. The first-order valence-corrected chi connectivity index (χ1v) is 5.90. The third-order valence-electron chi connectivity index (χ3n) is 2.51. The normalized spacial score (nSPS) is 32.3. The predicted octanol–water partition coefficient (Wildman–Crippen LogP) is 1.89. The summed E-state index contributed by atoms with van der Waals surface area (Å²) < 4.78 is 5.11. The van der Waals surface area contributed by atoms with Crippen LogP contribution in [0.4, 0.5) is 0 Å². The van der Waals surface area contributed by atoms with E-state index in [2.05, 4.69) is 28.6 Å². The van der Waals surface area contributed by atoms with Gasteiger partial charge in [-0.25, -0.2) is 4.99 Å². The van der Waals surface area contributed by atoms with Crippen LogP contribution in [0, 0.1) is 0 Å². The van der Waals surface area contributed by atoms with Crippen molar-refractivity contribution in [2.75, 3.05) is 26.3 Å². The average Bonchev–Trinajstić information content (AvgIpc) is 2.16. The van der Waals surface area contributed by atoms with Crippen molar-refractivity contribution in [1.82, 2.24) is 4.90 Å². The number of aliphatic imine (C=N–C) groups is 1. The van der Waals surface area contributed by atoms with Gasteiger partial charge in [-0.1, -0.05) is 11.6 Å². The van der Waals surface area contributed by atoms with Crippen molar-refractivity contribution in [3.8, 4) is 0 Å². The van der Waals surface area contributed by atoms with Crippen LogP contribution in [0.5, 0.6) is 0 Å². The Morgan fingerprint density at radius 2 is 2.20 bits per heavy atom. The van der Waals surface area contributed by atoms with Crippen molar-refractivity contribution < 1.29 is 4.74 Å². The van der Waals surface area contributed by atoms with Gasteiger partial charge in [-0.2, -0.15) is 12.6 Å². The highest BCUT2D eigenvalue weighted by Gasteiger charge is 2.26. The molecule has 0 saturated carbocycles. The zero-order valence-corrected chi connectivity index (χ0v) is 10.4.